The molecule has 80 valence electrons. The van der Waals surface area contributed by atoms with Crippen LogP contribution >= 0.6 is 0 Å². The van der Waals surface area contributed by atoms with Crippen molar-refractivity contribution in [3.8, 4) is 0 Å². The molecule has 0 spiro atoms. The van der Waals surface area contributed by atoms with E-state index in [1.165, 1.54) is 0 Å². The van der Waals surface area contributed by atoms with Crippen LogP contribution in [0.15, 0.2) is 23.7 Å². The zero-order valence-electron chi connectivity index (χ0n) is 9.17. The smallest absolute Gasteiger partial charge is 0.0996 e. The monoisotopic (exact) mass is 197 g/mol. The van der Waals surface area contributed by atoms with Gasteiger partial charge in [0.15, 0.2) is 0 Å². The summed E-state index contributed by atoms with van der Waals surface area (Å²) in [5.41, 5.74) is 0. The van der Waals surface area contributed by atoms with Crippen molar-refractivity contribution < 1.29 is 9.47 Å². The summed E-state index contributed by atoms with van der Waals surface area (Å²) in [4.78, 5) is 0. The molecule has 0 aromatic heterocycles. The van der Waals surface area contributed by atoms with E-state index in [2.05, 4.69) is 17.5 Å². The lowest BCUT2D eigenvalue weighted by Crippen LogP contribution is -2.14. The topological polar surface area (TPSA) is 30.5 Å². The molecule has 0 aromatic rings. The second-order valence-electron chi connectivity index (χ2n) is 3.41. The fourth-order valence-electron chi connectivity index (χ4n) is 1.57. The van der Waals surface area contributed by atoms with Crippen LogP contribution in [0.5, 0.6) is 0 Å². The standard InChI is InChI=1S/C11H19NO2/c1-12-5-4-9-6-10(13-2)8-11(7-9)14-3/h6-7,9,12H,4-5,8H2,1-3H3. The average molecular weight is 197 g/mol. The van der Waals surface area contributed by atoms with Gasteiger partial charge in [0, 0.05) is 5.92 Å². The lowest BCUT2D eigenvalue weighted by Gasteiger charge is -2.19. The van der Waals surface area contributed by atoms with Crippen molar-refractivity contribution in [1.82, 2.24) is 5.32 Å². The van der Waals surface area contributed by atoms with Gasteiger partial charge < -0.3 is 14.8 Å². The minimum atomic E-state index is 0.432. The van der Waals surface area contributed by atoms with E-state index in [-0.39, 0.29) is 0 Å². The molecule has 0 aliphatic heterocycles. The summed E-state index contributed by atoms with van der Waals surface area (Å²) in [6, 6.07) is 0. The Bertz CT molecular complexity index is 213. The van der Waals surface area contributed by atoms with Gasteiger partial charge in [-0.1, -0.05) is 0 Å². The molecular formula is C11H19NO2. The van der Waals surface area contributed by atoms with Crippen LogP contribution in [0, 0.1) is 5.92 Å². The summed E-state index contributed by atoms with van der Waals surface area (Å²) < 4.78 is 10.5. The lowest BCUT2D eigenvalue weighted by atomic mass is 9.97. The Kier molecular flexibility index (Phi) is 4.53. The highest BCUT2D eigenvalue weighted by molar-refractivity contribution is 5.18. The number of hydrogen-bond donors (Lipinski definition) is 1. The first-order valence-electron chi connectivity index (χ1n) is 4.94. The van der Waals surface area contributed by atoms with Gasteiger partial charge in [0.25, 0.3) is 0 Å². The van der Waals surface area contributed by atoms with Crippen molar-refractivity contribution in [3.05, 3.63) is 23.7 Å². The van der Waals surface area contributed by atoms with Crippen molar-refractivity contribution in [2.45, 2.75) is 12.8 Å². The maximum absolute atomic E-state index is 5.25. The van der Waals surface area contributed by atoms with Crippen LogP contribution in [0.1, 0.15) is 12.8 Å². The Labute approximate surface area is 85.8 Å². The molecule has 0 aromatic carbocycles. The largest absolute Gasteiger partial charge is 0.501 e. The van der Waals surface area contributed by atoms with Crippen molar-refractivity contribution in [2.75, 3.05) is 27.8 Å². The molecule has 0 atom stereocenters. The number of nitrogens with one attached hydrogen (secondary N) is 1. The van der Waals surface area contributed by atoms with E-state index in [0.29, 0.717) is 5.92 Å². The van der Waals surface area contributed by atoms with Crippen LogP contribution in [-0.4, -0.2) is 27.8 Å². The van der Waals surface area contributed by atoms with Gasteiger partial charge in [-0.2, -0.15) is 0 Å². The molecule has 0 saturated heterocycles. The Hall–Kier alpha value is -0.960. The zero-order valence-corrected chi connectivity index (χ0v) is 9.17. The summed E-state index contributed by atoms with van der Waals surface area (Å²) >= 11 is 0. The van der Waals surface area contributed by atoms with Crippen LogP contribution in [0.4, 0.5) is 0 Å². The SMILES string of the molecule is CNCCC1C=C(OC)CC(OC)=C1. The summed E-state index contributed by atoms with van der Waals surface area (Å²) in [5.74, 6) is 2.44. The molecule has 0 fully saturated rings. The average Bonchev–Trinajstić information content (AvgIpc) is 2.25. The molecule has 0 unspecified atom stereocenters. The third-order valence-electron chi connectivity index (χ3n) is 2.40. The highest BCUT2D eigenvalue weighted by atomic mass is 16.5. The molecule has 1 aliphatic rings. The highest BCUT2D eigenvalue weighted by Crippen LogP contribution is 2.24. The molecule has 3 nitrogen and oxygen atoms in total. The van der Waals surface area contributed by atoms with E-state index < -0.39 is 0 Å². The van der Waals surface area contributed by atoms with Crippen molar-refractivity contribution in [2.24, 2.45) is 5.92 Å². The second kappa shape index (κ2) is 5.70. The number of allylic oxidation sites excluding steroid dienone is 2. The first kappa shape index (κ1) is 11.1. The van der Waals surface area contributed by atoms with E-state index >= 15 is 0 Å². The van der Waals surface area contributed by atoms with Gasteiger partial charge in [-0.05, 0) is 32.2 Å². The van der Waals surface area contributed by atoms with E-state index in [1.807, 2.05) is 7.05 Å². The minimum Gasteiger partial charge on any atom is -0.501 e. The Morgan fingerprint density at radius 3 is 2.29 bits per heavy atom. The van der Waals surface area contributed by atoms with Crippen LogP contribution in [-0.2, 0) is 9.47 Å². The number of rotatable bonds is 5. The quantitative estimate of drug-likeness (QED) is 0.727. The Balaban J connectivity index is 2.57. The van der Waals surface area contributed by atoms with Crippen molar-refractivity contribution in [1.29, 1.82) is 0 Å². The summed E-state index contributed by atoms with van der Waals surface area (Å²) in [6.07, 6.45) is 6.19. The fraction of sp³-hybridized carbons (Fsp3) is 0.636. The number of methoxy groups -OCH3 is 2. The molecule has 0 saturated carbocycles. The first-order chi connectivity index (χ1) is 6.80. The molecule has 3 heteroatoms. The van der Waals surface area contributed by atoms with E-state index in [1.54, 1.807) is 14.2 Å². The van der Waals surface area contributed by atoms with Gasteiger partial charge in [0.2, 0.25) is 0 Å². The van der Waals surface area contributed by atoms with E-state index in [4.69, 9.17) is 9.47 Å². The maximum atomic E-state index is 5.25. The zero-order chi connectivity index (χ0) is 10.4. The van der Waals surface area contributed by atoms with Gasteiger partial charge in [-0.15, -0.1) is 0 Å². The molecule has 1 N–H and O–H groups in total. The van der Waals surface area contributed by atoms with E-state index in [9.17, 15) is 0 Å². The second-order valence-corrected chi connectivity index (χ2v) is 3.41. The third kappa shape index (κ3) is 3.07. The van der Waals surface area contributed by atoms with E-state index in [0.717, 1.165) is 30.9 Å². The maximum Gasteiger partial charge on any atom is 0.0996 e. The van der Waals surface area contributed by atoms with Crippen LogP contribution in [0.3, 0.4) is 0 Å². The summed E-state index contributed by atoms with van der Waals surface area (Å²) in [7, 11) is 5.38. The van der Waals surface area contributed by atoms with Crippen LogP contribution < -0.4 is 5.32 Å². The van der Waals surface area contributed by atoms with Crippen LogP contribution in [0.2, 0.25) is 0 Å². The van der Waals surface area contributed by atoms with Crippen molar-refractivity contribution >= 4 is 0 Å². The van der Waals surface area contributed by atoms with Gasteiger partial charge >= 0.3 is 0 Å². The minimum absolute atomic E-state index is 0.432. The van der Waals surface area contributed by atoms with Gasteiger partial charge in [0.05, 0.1) is 32.2 Å². The summed E-state index contributed by atoms with van der Waals surface area (Å²) in [5, 5.41) is 3.14. The predicted molar refractivity (Wildman–Crippen MR) is 56.8 cm³/mol. The molecule has 0 bridgehead atoms. The molecular weight excluding hydrogens is 178 g/mol. The van der Waals surface area contributed by atoms with Crippen LogP contribution in [0.25, 0.3) is 0 Å². The highest BCUT2D eigenvalue weighted by Gasteiger charge is 2.14. The molecule has 0 amide bonds. The molecule has 0 radical (unpaired) electrons. The number of hydrogen-bond acceptors (Lipinski definition) is 3. The normalized spacial score (nSPS) is 17.4. The van der Waals surface area contributed by atoms with Gasteiger partial charge in [-0.3, -0.25) is 0 Å². The predicted octanol–water partition coefficient (Wildman–Crippen LogP) is 1.68. The molecule has 0 heterocycles. The third-order valence-corrected chi connectivity index (χ3v) is 2.40. The molecule has 1 aliphatic carbocycles. The van der Waals surface area contributed by atoms with Crippen molar-refractivity contribution in [3.63, 3.8) is 0 Å². The Morgan fingerprint density at radius 1 is 1.29 bits per heavy atom. The van der Waals surface area contributed by atoms with Gasteiger partial charge in [-0.25, -0.2) is 0 Å². The Morgan fingerprint density at radius 2 is 1.86 bits per heavy atom. The summed E-state index contributed by atoms with van der Waals surface area (Å²) in [6.45, 7) is 1.01. The van der Waals surface area contributed by atoms with Gasteiger partial charge in [0.1, 0.15) is 0 Å². The lowest BCUT2D eigenvalue weighted by molar-refractivity contribution is 0.228. The fourth-order valence-corrected chi connectivity index (χ4v) is 1.57. The number of ether oxygens (including phenoxy) is 2. The molecule has 14 heavy (non-hydrogen) atoms. The first-order valence-corrected chi connectivity index (χ1v) is 4.94. The molecule has 1 rings (SSSR count).